The van der Waals surface area contributed by atoms with Crippen LogP contribution in [-0.2, 0) is 6.54 Å². The van der Waals surface area contributed by atoms with E-state index in [1.165, 1.54) is 36.5 Å². The molecule has 96 valence electrons. The molecule has 1 fully saturated rings. The van der Waals surface area contributed by atoms with Gasteiger partial charge < -0.3 is 10.2 Å². The zero-order valence-corrected chi connectivity index (χ0v) is 11.7. The van der Waals surface area contributed by atoms with Crippen LogP contribution >= 0.6 is 11.3 Å². The van der Waals surface area contributed by atoms with Crippen molar-refractivity contribution in [2.45, 2.75) is 52.1 Å². The molecule has 0 aliphatic heterocycles. The van der Waals surface area contributed by atoms with Gasteiger partial charge in [0.15, 0.2) is 5.13 Å². The molecule has 0 atom stereocenters. The van der Waals surface area contributed by atoms with Crippen molar-refractivity contribution in [2.75, 3.05) is 18.0 Å². The topological polar surface area (TPSA) is 28.2 Å². The third-order valence-corrected chi connectivity index (χ3v) is 4.45. The van der Waals surface area contributed by atoms with Crippen molar-refractivity contribution in [3.63, 3.8) is 0 Å². The predicted molar refractivity (Wildman–Crippen MR) is 74.8 cm³/mol. The number of nitrogens with zero attached hydrogens (tertiary/aromatic N) is 2. The molecule has 0 bridgehead atoms. The lowest BCUT2D eigenvalue weighted by atomic mass is 10.2. The van der Waals surface area contributed by atoms with Gasteiger partial charge in [0.05, 0.1) is 5.69 Å². The van der Waals surface area contributed by atoms with Crippen LogP contribution in [-0.4, -0.2) is 24.1 Å². The summed E-state index contributed by atoms with van der Waals surface area (Å²) in [7, 11) is 0. The minimum absolute atomic E-state index is 0.730. The summed E-state index contributed by atoms with van der Waals surface area (Å²) < 4.78 is 0. The Morgan fingerprint density at radius 3 is 2.71 bits per heavy atom. The molecule has 1 heterocycles. The number of rotatable bonds is 6. The van der Waals surface area contributed by atoms with Crippen LogP contribution in [0.5, 0.6) is 0 Å². The average molecular weight is 253 g/mol. The van der Waals surface area contributed by atoms with Gasteiger partial charge in [0.25, 0.3) is 0 Å². The van der Waals surface area contributed by atoms with Crippen LogP contribution in [0, 0.1) is 0 Å². The normalized spacial score (nSPS) is 16.6. The van der Waals surface area contributed by atoms with E-state index in [0.717, 1.165) is 25.7 Å². The highest BCUT2D eigenvalue weighted by atomic mass is 32.1. The molecular weight excluding hydrogens is 230 g/mol. The standard InChI is InChI=1S/C13H23N3S/c1-3-16(4-2)13-15-12(10-17-13)9-14-11-7-5-6-8-11/h10-11,14H,3-9H2,1-2H3. The monoisotopic (exact) mass is 253 g/mol. The Morgan fingerprint density at radius 2 is 2.06 bits per heavy atom. The largest absolute Gasteiger partial charge is 0.349 e. The molecule has 1 aliphatic carbocycles. The van der Waals surface area contributed by atoms with E-state index in [0.29, 0.717) is 0 Å². The average Bonchev–Trinajstić information content (AvgIpc) is 2.99. The lowest BCUT2D eigenvalue weighted by molar-refractivity contribution is 0.520. The van der Waals surface area contributed by atoms with Gasteiger partial charge in [-0.05, 0) is 26.7 Å². The molecule has 2 rings (SSSR count). The first-order chi connectivity index (χ1) is 8.33. The maximum Gasteiger partial charge on any atom is 0.185 e. The Bertz CT molecular complexity index is 327. The second-order valence-electron chi connectivity index (χ2n) is 4.66. The summed E-state index contributed by atoms with van der Waals surface area (Å²) >= 11 is 1.76. The second-order valence-corrected chi connectivity index (χ2v) is 5.49. The maximum absolute atomic E-state index is 4.70. The first kappa shape index (κ1) is 12.8. The summed E-state index contributed by atoms with van der Waals surface area (Å²) in [6.45, 7) is 7.38. The fourth-order valence-corrected chi connectivity index (χ4v) is 3.35. The number of anilines is 1. The molecule has 1 N–H and O–H groups in total. The minimum atomic E-state index is 0.730. The quantitative estimate of drug-likeness (QED) is 0.844. The molecule has 0 aromatic carbocycles. The van der Waals surface area contributed by atoms with Gasteiger partial charge in [-0.25, -0.2) is 4.98 Å². The Morgan fingerprint density at radius 1 is 1.35 bits per heavy atom. The zero-order valence-electron chi connectivity index (χ0n) is 10.9. The third-order valence-electron chi connectivity index (χ3n) is 3.50. The number of thiazole rings is 1. The van der Waals surface area contributed by atoms with E-state index in [2.05, 4.69) is 29.4 Å². The zero-order chi connectivity index (χ0) is 12.1. The summed E-state index contributed by atoms with van der Waals surface area (Å²) in [5, 5.41) is 6.97. The van der Waals surface area contributed by atoms with Crippen LogP contribution in [0.1, 0.15) is 45.2 Å². The van der Waals surface area contributed by atoms with Crippen molar-refractivity contribution in [3.8, 4) is 0 Å². The van der Waals surface area contributed by atoms with Gasteiger partial charge in [-0.15, -0.1) is 11.3 Å². The summed E-state index contributed by atoms with van der Waals surface area (Å²) in [6.07, 6.45) is 5.46. The van der Waals surface area contributed by atoms with Gasteiger partial charge in [0.1, 0.15) is 0 Å². The third kappa shape index (κ3) is 3.42. The van der Waals surface area contributed by atoms with Gasteiger partial charge in [0.2, 0.25) is 0 Å². The molecule has 3 nitrogen and oxygen atoms in total. The molecule has 0 saturated heterocycles. The Balaban J connectivity index is 1.84. The van der Waals surface area contributed by atoms with Crippen LogP contribution in [0.4, 0.5) is 5.13 Å². The van der Waals surface area contributed by atoms with Crippen LogP contribution < -0.4 is 10.2 Å². The number of hydrogen-bond donors (Lipinski definition) is 1. The molecule has 4 heteroatoms. The lowest BCUT2D eigenvalue weighted by Crippen LogP contribution is -2.25. The Hall–Kier alpha value is -0.610. The number of aromatic nitrogens is 1. The lowest BCUT2D eigenvalue weighted by Gasteiger charge is -2.16. The van der Waals surface area contributed by atoms with Crippen molar-refractivity contribution in [1.29, 1.82) is 0 Å². The number of nitrogens with one attached hydrogen (secondary N) is 1. The van der Waals surface area contributed by atoms with Crippen molar-refractivity contribution in [1.82, 2.24) is 10.3 Å². The Labute approximate surface area is 108 Å². The second kappa shape index (κ2) is 6.36. The highest BCUT2D eigenvalue weighted by molar-refractivity contribution is 7.13. The van der Waals surface area contributed by atoms with Crippen LogP contribution in [0.2, 0.25) is 0 Å². The van der Waals surface area contributed by atoms with E-state index in [1.54, 1.807) is 11.3 Å². The van der Waals surface area contributed by atoms with Gasteiger partial charge >= 0.3 is 0 Å². The van der Waals surface area contributed by atoms with Gasteiger partial charge in [0, 0.05) is 31.1 Å². The Kier molecular flexibility index (Phi) is 4.80. The molecule has 1 aromatic heterocycles. The molecule has 1 saturated carbocycles. The van der Waals surface area contributed by atoms with Gasteiger partial charge in [-0.2, -0.15) is 0 Å². The fraction of sp³-hybridized carbons (Fsp3) is 0.769. The van der Waals surface area contributed by atoms with Crippen LogP contribution in [0.15, 0.2) is 5.38 Å². The van der Waals surface area contributed by atoms with Gasteiger partial charge in [-0.1, -0.05) is 12.8 Å². The molecule has 0 radical (unpaired) electrons. The molecule has 17 heavy (non-hydrogen) atoms. The van der Waals surface area contributed by atoms with Crippen molar-refractivity contribution in [2.24, 2.45) is 0 Å². The molecular formula is C13H23N3S. The van der Waals surface area contributed by atoms with Crippen molar-refractivity contribution in [3.05, 3.63) is 11.1 Å². The van der Waals surface area contributed by atoms with E-state index in [1.807, 2.05) is 0 Å². The smallest absolute Gasteiger partial charge is 0.185 e. The summed E-state index contributed by atoms with van der Waals surface area (Å²) in [4.78, 5) is 7.00. The summed E-state index contributed by atoms with van der Waals surface area (Å²) in [6, 6.07) is 0.730. The fourth-order valence-electron chi connectivity index (χ4n) is 2.40. The van der Waals surface area contributed by atoms with Crippen LogP contribution in [0.3, 0.4) is 0 Å². The molecule has 0 amide bonds. The van der Waals surface area contributed by atoms with E-state index in [-0.39, 0.29) is 0 Å². The molecule has 1 aromatic rings. The highest BCUT2D eigenvalue weighted by Crippen LogP contribution is 2.21. The predicted octanol–water partition coefficient (Wildman–Crippen LogP) is 3.02. The number of hydrogen-bond acceptors (Lipinski definition) is 4. The van der Waals surface area contributed by atoms with Crippen molar-refractivity contribution < 1.29 is 0 Å². The highest BCUT2D eigenvalue weighted by Gasteiger charge is 2.14. The molecule has 0 unspecified atom stereocenters. The van der Waals surface area contributed by atoms with Crippen molar-refractivity contribution >= 4 is 16.5 Å². The van der Waals surface area contributed by atoms with E-state index >= 15 is 0 Å². The molecule has 0 spiro atoms. The van der Waals surface area contributed by atoms with Crippen LogP contribution in [0.25, 0.3) is 0 Å². The van der Waals surface area contributed by atoms with Gasteiger partial charge in [-0.3, -0.25) is 0 Å². The first-order valence-electron chi connectivity index (χ1n) is 6.76. The van der Waals surface area contributed by atoms with E-state index < -0.39 is 0 Å². The van der Waals surface area contributed by atoms with E-state index in [9.17, 15) is 0 Å². The summed E-state index contributed by atoms with van der Waals surface area (Å²) in [5.41, 5.74) is 1.20. The first-order valence-corrected chi connectivity index (χ1v) is 7.64. The molecule has 1 aliphatic rings. The summed E-state index contributed by atoms with van der Waals surface area (Å²) in [5.74, 6) is 0. The maximum atomic E-state index is 4.70. The minimum Gasteiger partial charge on any atom is -0.349 e. The SMILES string of the molecule is CCN(CC)c1nc(CNC2CCCC2)cs1. The van der Waals surface area contributed by atoms with E-state index in [4.69, 9.17) is 4.98 Å².